The number of nitrogens with one attached hydrogen (secondary N) is 1. The average molecular weight is 390 g/mol. The molecule has 1 aliphatic carbocycles. The summed E-state index contributed by atoms with van der Waals surface area (Å²) in [5.74, 6) is 3.33. The molecule has 1 aromatic carbocycles. The van der Waals surface area contributed by atoms with Crippen LogP contribution < -0.4 is 10.1 Å². The Morgan fingerprint density at radius 2 is 2.07 bits per heavy atom. The van der Waals surface area contributed by atoms with E-state index in [1.807, 2.05) is 29.8 Å². The molecule has 1 N–H and O–H groups in total. The molecule has 0 aliphatic heterocycles. The number of hydrogen-bond donors (Lipinski definition) is 1. The minimum Gasteiger partial charge on any atom is -0.490 e. The van der Waals surface area contributed by atoms with Gasteiger partial charge in [-0.25, -0.2) is 9.50 Å². The number of nitrogens with zero attached hydrogens (tertiary/aromatic N) is 3. The number of rotatable bonds is 5. The molecule has 29 heavy (non-hydrogen) atoms. The summed E-state index contributed by atoms with van der Waals surface area (Å²) in [6, 6.07) is 10.2. The van der Waals surface area contributed by atoms with Gasteiger partial charge in [-0.3, -0.25) is 4.79 Å². The van der Waals surface area contributed by atoms with Gasteiger partial charge < -0.3 is 10.1 Å². The van der Waals surface area contributed by atoms with E-state index in [1.54, 1.807) is 13.8 Å². The van der Waals surface area contributed by atoms with Gasteiger partial charge in [0.25, 0.3) is 0 Å². The summed E-state index contributed by atoms with van der Waals surface area (Å²) >= 11 is 0. The molecule has 150 valence electrons. The number of benzene rings is 1. The minimum atomic E-state index is -0.498. The number of hydrogen-bond acceptors (Lipinski definition) is 4. The molecular weight excluding hydrogens is 364 g/mol. The van der Waals surface area contributed by atoms with Gasteiger partial charge in [-0.05, 0) is 58.7 Å². The van der Waals surface area contributed by atoms with E-state index in [0.717, 1.165) is 33.9 Å². The molecule has 4 rings (SSSR count). The van der Waals surface area contributed by atoms with Crippen LogP contribution in [0.5, 0.6) is 5.75 Å². The van der Waals surface area contributed by atoms with Crippen molar-refractivity contribution in [3.63, 3.8) is 0 Å². The first-order chi connectivity index (χ1) is 13.8. The SMILES string of the molecule is C#CC(C)(C)NC=O.Cc1cnn2c(C)cc(-c3cccc(OC4CC4)c3)nc12. The van der Waals surface area contributed by atoms with Gasteiger partial charge in [0.2, 0.25) is 6.41 Å². The van der Waals surface area contributed by atoms with Crippen LogP contribution in [-0.4, -0.2) is 32.7 Å². The third-order valence-corrected chi connectivity index (χ3v) is 4.56. The van der Waals surface area contributed by atoms with Crippen molar-refractivity contribution in [2.45, 2.75) is 52.2 Å². The zero-order valence-electron chi connectivity index (χ0n) is 17.3. The largest absolute Gasteiger partial charge is 0.490 e. The number of terminal acetylenes is 1. The quantitative estimate of drug-likeness (QED) is 0.533. The van der Waals surface area contributed by atoms with Crippen LogP contribution in [0, 0.1) is 26.2 Å². The zero-order chi connectivity index (χ0) is 21.0. The molecule has 6 heteroatoms. The second kappa shape index (κ2) is 8.36. The molecule has 1 fully saturated rings. The number of ether oxygens (including phenoxy) is 1. The number of carbonyl (C=O) groups excluding carboxylic acids is 1. The van der Waals surface area contributed by atoms with Gasteiger partial charge >= 0.3 is 0 Å². The van der Waals surface area contributed by atoms with Crippen LogP contribution in [0.2, 0.25) is 0 Å². The maximum absolute atomic E-state index is 9.77. The summed E-state index contributed by atoms with van der Waals surface area (Å²) in [7, 11) is 0. The van der Waals surface area contributed by atoms with Crippen molar-refractivity contribution in [2.75, 3.05) is 0 Å². The normalized spacial score (nSPS) is 13.2. The lowest BCUT2D eigenvalue weighted by atomic mass is 10.1. The van der Waals surface area contributed by atoms with E-state index in [0.29, 0.717) is 12.5 Å². The number of fused-ring (bicyclic) bond motifs is 1. The highest BCUT2D eigenvalue weighted by Gasteiger charge is 2.23. The lowest BCUT2D eigenvalue weighted by Gasteiger charge is -2.14. The third-order valence-electron chi connectivity index (χ3n) is 4.56. The van der Waals surface area contributed by atoms with Gasteiger partial charge in [0, 0.05) is 16.8 Å². The summed E-state index contributed by atoms with van der Waals surface area (Å²) < 4.78 is 7.75. The van der Waals surface area contributed by atoms with E-state index >= 15 is 0 Å². The molecular formula is C23H26N4O2. The first-order valence-electron chi connectivity index (χ1n) is 9.61. The van der Waals surface area contributed by atoms with Crippen molar-refractivity contribution in [2.24, 2.45) is 0 Å². The Hall–Kier alpha value is -3.33. The van der Waals surface area contributed by atoms with Crippen LogP contribution in [0.3, 0.4) is 0 Å². The Bertz CT molecular complexity index is 1060. The van der Waals surface area contributed by atoms with Gasteiger partial charge in [-0.2, -0.15) is 5.10 Å². The van der Waals surface area contributed by atoms with Crippen molar-refractivity contribution >= 4 is 12.1 Å². The maximum Gasteiger partial charge on any atom is 0.208 e. The van der Waals surface area contributed by atoms with E-state index in [2.05, 4.69) is 41.5 Å². The molecule has 0 bridgehead atoms. The van der Waals surface area contributed by atoms with E-state index in [-0.39, 0.29) is 0 Å². The van der Waals surface area contributed by atoms with Crippen LogP contribution in [0.15, 0.2) is 36.5 Å². The summed E-state index contributed by atoms with van der Waals surface area (Å²) in [6.07, 6.45) is 10.2. The number of carbonyl (C=O) groups is 1. The van der Waals surface area contributed by atoms with Gasteiger partial charge in [0.1, 0.15) is 5.75 Å². The van der Waals surface area contributed by atoms with E-state index in [4.69, 9.17) is 16.1 Å². The molecule has 0 unspecified atom stereocenters. The van der Waals surface area contributed by atoms with Crippen LogP contribution in [0.4, 0.5) is 0 Å². The average Bonchev–Trinajstić information content (AvgIpc) is 3.43. The second-order valence-electron chi connectivity index (χ2n) is 7.72. The Labute approximate surface area is 171 Å². The predicted octanol–water partition coefficient (Wildman–Crippen LogP) is 3.70. The fourth-order valence-corrected chi connectivity index (χ4v) is 2.67. The monoisotopic (exact) mass is 390 g/mol. The third kappa shape index (κ3) is 5.14. The molecule has 0 atom stereocenters. The van der Waals surface area contributed by atoms with Crippen molar-refractivity contribution < 1.29 is 9.53 Å². The Balaban J connectivity index is 0.000000258. The first kappa shape index (κ1) is 20.4. The van der Waals surface area contributed by atoms with Gasteiger partial charge in [0.05, 0.1) is 23.5 Å². The highest BCUT2D eigenvalue weighted by atomic mass is 16.5. The van der Waals surface area contributed by atoms with Crippen LogP contribution >= 0.6 is 0 Å². The highest BCUT2D eigenvalue weighted by Crippen LogP contribution is 2.29. The fraction of sp³-hybridized carbons (Fsp3) is 0.348. The van der Waals surface area contributed by atoms with Crippen molar-refractivity contribution in [1.82, 2.24) is 19.9 Å². The van der Waals surface area contributed by atoms with Gasteiger partial charge in [-0.1, -0.05) is 18.1 Å². The highest BCUT2D eigenvalue weighted by molar-refractivity contribution is 5.65. The van der Waals surface area contributed by atoms with Gasteiger partial charge in [-0.15, -0.1) is 6.42 Å². The molecule has 1 saturated carbocycles. The van der Waals surface area contributed by atoms with Crippen molar-refractivity contribution in [3.05, 3.63) is 47.8 Å². The van der Waals surface area contributed by atoms with Crippen LogP contribution in [0.25, 0.3) is 16.9 Å². The second-order valence-corrected chi connectivity index (χ2v) is 7.72. The first-order valence-corrected chi connectivity index (χ1v) is 9.61. The molecule has 1 amide bonds. The maximum atomic E-state index is 9.77. The molecule has 3 aromatic rings. The molecule has 6 nitrogen and oxygen atoms in total. The van der Waals surface area contributed by atoms with Crippen LogP contribution in [0.1, 0.15) is 37.9 Å². The molecule has 0 saturated heterocycles. The molecule has 2 heterocycles. The topological polar surface area (TPSA) is 68.5 Å². The Kier molecular flexibility index (Phi) is 5.88. The molecule has 1 aliphatic rings. The van der Waals surface area contributed by atoms with Crippen molar-refractivity contribution in [1.29, 1.82) is 0 Å². The predicted molar refractivity (Wildman–Crippen MR) is 114 cm³/mol. The van der Waals surface area contributed by atoms with Crippen molar-refractivity contribution in [3.8, 4) is 29.4 Å². The molecule has 2 aromatic heterocycles. The summed E-state index contributed by atoms with van der Waals surface area (Å²) in [4.78, 5) is 14.5. The Morgan fingerprint density at radius 3 is 2.69 bits per heavy atom. The lowest BCUT2D eigenvalue weighted by molar-refractivity contribution is -0.110. The zero-order valence-corrected chi connectivity index (χ0v) is 17.3. The smallest absolute Gasteiger partial charge is 0.208 e. The van der Waals surface area contributed by atoms with E-state index in [1.165, 1.54) is 12.8 Å². The summed E-state index contributed by atoms with van der Waals surface area (Å²) in [5, 5.41) is 6.80. The number of aromatic nitrogens is 3. The van der Waals surface area contributed by atoms with E-state index < -0.39 is 5.54 Å². The van der Waals surface area contributed by atoms with Crippen LogP contribution in [-0.2, 0) is 4.79 Å². The fourth-order valence-electron chi connectivity index (χ4n) is 2.67. The number of amides is 1. The summed E-state index contributed by atoms with van der Waals surface area (Å²) in [6.45, 7) is 7.59. The Morgan fingerprint density at radius 1 is 1.31 bits per heavy atom. The molecule has 0 radical (unpaired) electrons. The van der Waals surface area contributed by atoms with Gasteiger partial charge in [0.15, 0.2) is 5.65 Å². The standard InChI is InChI=1S/C17H17N3O.C6H9NO/c1-11-10-18-20-12(2)8-16(19-17(11)20)13-4-3-5-15(9-13)21-14-6-7-14;1-4-6(2,3)7-5-8/h3-5,8-10,14H,6-7H2,1-2H3;1,5H,2-3H3,(H,7,8). The molecule has 0 spiro atoms. The van der Waals surface area contributed by atoms with E-state index in [9.17, 15) is 4.79 Å². The minimum absolute atomic E-state index is 0.412. The summed E-state index contributed by atoms with van der Waals surface area (Å²) in [5.41, 5.74) is 4.63. The lowest BCUT2D eigenvalue weighted by Crippen LogP contribution is -2.36. The number of aryl methyl sites for hydroxylation is 2.